The van der Waals surface area contributed by atoms with Gasteiger partial charge in [0.2, 0.25) is 5.91 Å². The van der Waals surface area contributed by atoms with Gasteiger partial charge in [0, 0.05) is 20.0 Å². The maximum absolute atomic E-state index is 12.2. The molecule has 0 radical (unpaired) electrons. The highest BCUT2D eigenvalue weighted by Crippen LogP contribution is 2.31. The van der Waals surface area contributed by atoms with Crippen molar-refractivity contribution in [3.05, 3.63) is 40.1 Å². The number of fused-ring (bicyclic) bond motifs is 1. The van der Waals surface area contributed by atoms with Gasteiger partial charge in [0.25, 0.3) is 0 Å². The third-order valence-corrected chi connectivity index (χ3v) is 4.18. The van der Waals surface area contributed by atoms with Gasteiger partial charge >= 0.3 is 0 Å². The number of benzene rings is 1. The fraction of sp³-hybridized carbons (Fsp3) is 0.375. The second-order valence-corrected chi connectivity index (χ2v) is 5.55. The van der Waals surface area contributed by atoms with Gasteiger partial charge in [-0.1, -0.05) is 0 Å². The number of hydrogen-bond acceptors (Lipinski definition) is 4. The van der Waals surface area contributed by atoms with Crippen molar-refractivity contribution in [3.8, 4) is 11.3 Å². The summed E-state index contributed by atoms with van der Waals surface area (Å²) in [6, 6.07) is 6.87. The Morgan fingerprint density at radius 3 is 2.67 bits per heavy atom. The molecule has 0 saturated carbocycles. The molecule has 3 aliphatic rings. The van der Waals surface area contributed by atoms with Gasteiger partial charge in [-0.3, -0.25) is 9.59 Å². The monoisotopic (exact) mass is 286 g/mol. The molecule has 5 heteroatoms. The molecule has 0 bridgehead atoms. The third kappa shape index (κ3) is 2.63. The fourth-order valence-electron chi connectivity index (χ4n) is 2.96. The first-order chi connectivity index (χ1) is 10.0. The summed E-state index contributed by atoms with van der Waals surface area (Å²) in [5, 5.41) is 0. The average Bonchev–Trinajstić information content (AvgIpc) is 2.46. The molecule has 1 saturated heterocycles. The van der Waals surface area contributed by atoms with Gasteiger partial charge in [0.15, 0.2) is 11.3 Å². The smallest absolute Gasteiger partial charge is 0.219 e. The Bertz CT molecular complexity index is 699. The average molecular weight is 286 g/mol. The summed E-state index contributed by atoms with van der Waals surface area (Å²) in [4.78, 5) is 25.4. The summed E-state index contributed by atoms with van der Waals surface area (Å²) < 4.78 is 5.45. The Balaban J connectivity index is 1.90. The van der Waals surface area contributed by atoms with Crippen LogP contribution in [0, 0.1) is 0 Å². The quantitative estimate of drug-likeness (QED) is 0.870. The Morgan fingerprint density at radius 1 is 1.29 bits per heavy atom. The van der Waals surface area contributed by atoms with Crippen LogP contribution in [0.1, 0.15) is 31.2 Å². The summed E-state index contributed by atoms with van der Waals surface area (Å²) >= 11 is 0. The van der Waals surface area contributed by atoms with Crippen LogP contribution >= 0.6 is 0 Å². The van der Waals surface area contributed by atoms with E-state index in [-0.39, 0.29) is 17.3 Å². The summed E-state index contributed by atoms with van der Waals surface area (Å²) in [7, 11) is 0. The van der Waals surface area contributed by atoms with E-state index in [1.807, 2.05) is 11.0 Å². The molecular weight excluding hydrogens is 268 g/mol. The van der Waals surface area contributed by atoms with Gasteiger partial charge in [-0.15, -0.1) is 0 Å². The Labute approximate surface area is 122 Å². The van der Waals surface area contributed by atoms with Crippen molar-refractivity contribution >= 4 is 11.8 Å². The van der Waals surface area contributed by atoms with E-state index in [0.717, 1.165) is 31.5 Å². The molecule has 2 N–H and O–H groups in total. The zero-order valence-corrected chi connectivity index (χ0v) is 12.0. The van der Waals surface area contributed by atoms with Crippen molar-refractivity contribution in [2.45, 2.75) is 25.7 Å². The molecule has 2 aliphatic heterocycles. The predicted octanol–water partition coefficient (Wildman–Crippen LogP) is 2.05. The minimum atomic E-state index is -0.0414. The fourth-order valence-corrected chi connectivity index (χ4v) is 2.96. The van der Waals surface area contributed by atoms with Gasteiger partial charge in [-0.25, -0.2) is 0 Å². The second-order valence-electron chi connectivity index (χ2n) is 5.55. The summed E-state index contributed by atoms with van der Waals surface area (Å²) in [5.41, 5.74) is 7.13. The Hall–Kier alpha value is -2.30. The van der Waals surface area contributed by atoms with Crippen LogP contribution in [-0.2, 0) is 4.79 Å². The lowest BCUT2D eigenvalue weighted by molar-refractivity contribution is -0.129. The summed E-state index contributed by atoms with van der Waals surface area (Å²) in [6.45, 7) is 3.06. The molecule has 0 aromatic rings. The maximum atomic E-state index is 12.2. The van der Waals surface area contributed by atoms with E-state index in [1.165, 1.54) is 0 Å². The number of carbonyl (C=O) groups is 1. The molecule has 0 atom stereocenters. The topological polar surface area (TPSA) is 76.5 Å². The first kappa shape index (κ1) is 13.7. The van der Waals surface area contributed by atoms with E-state index in [2.05, 4.69) is 0 Å². The molecule has 0 aromatic carbocycles. The standard InChI is InChI=1S/C16H18N2O3/c1-10(19)18-6-4-11(5-7-18)12-8-14(20)13-2-3-16(17)21-15(13)9-12/h2-3,8-9,11H,4-7,17H2,1H3. The highest BCUT2D eigenvalue weighted by Gasteiger charge is 2.23. The normalized spacial score (nSPS) is 16.3. The number of likely N-dealkylation sites (tertiary alicyclic amines) is 1. The Kier molecular flexibility index (Phi) is 3.41. The van der Waals surface area contributed by atoms with Gasteiger partial charge < -0.3 is 15.1 Å². The van der Waals surface area contributed by atoms with E-state index >= 15 is 0 Å². The molecule has 5 nitrogen and oxygen atoms in total. The van der Waals surface area contributed by atoms with Gasteiger partial charge in [-0.05, 0) is 48.6 Å². The van der Waals surface area contributed by atoms with E-state index in [1.54, 1.807) is 25.1 Å². The number of piperidine rings is 1. The summed E-state index contributed by atoms with van der Waals surface area (Å²) in [6.07, 6.45) is 1.74. The number of nitrogens with two attached hydrogens (primary N) is 1. The van der Waals surface area contributed by atoms with Crippen LogP contribution in [0.3, 0.4) is 0 Å². The zero-order valence-electron chi connectivity index (χ0n) is 12.0. The number of anilines is 1. The molecule has 0 unspecified atom stereocenters. The molecule has 0 spiro atoms. The zero-order chi connectivity index (χ0) is 15.0. The van der Waals surface area contributed by atoms with Crippen LogP contribution in [0.15, 0.2) is 33.5 Å². The van der Waals surface area contributed by atoms with Crippen LogP contribution in [-0.4, -0.2) is 23.9 Å². The van der Waals surface area contributed by atoms with E-state index in [0.29, 0.717) is 17.2 Å². The molecule has 110 valence electrons. The van der Waals surface area contributed by atoms with Gasteiger partial charge in [0.1, 0.15) is 5.76 Å². The van der Waals surface area contributed by atoms with Crippen LogP contribution in [0.4, 0.5) is 5.88 Å². The first-order valence-electron chi connectivity index (χ1n) is 7.13. The van der Waals surface area contributed by atoms with Crippen LogP contribution in [0.2, 0.25) is 0 Å². The van der Waals surface area contributed by atoms with Crippen molar-refractivity contribution in [2.24, 2.45) is 0 Å². The number of nitrogens with zero attached hydrogens (tertiary/aromatic N) is 1. The minimum Gasteiger partial charge on any atom is -0.441 e. The second kappa shape index (κ2) is 5.24. The van der Waals surface area contributed by atoms with Crippen LogP contribution < -0.4 is 11.2 Å². The number of rotatable bonds is 1. The minimum absolute atomic E-state index is 0.0414. The predicted molar refractivity (Wildman–Crippen MR) is 80.2 cm³/mol. The lowest BCUT2D eigenvalue weighted by Crippen LogP contribution is -2.36. The van der Waals surface area contributed by atoms with Crippen LogP contribution in [0.5, 0.6) is 0 Å². The SMILES string of the molecule is CC(=O)N1CCC(c2cc3oc(N)ccc-3c(=O)c2)CC1. The number of nitrogen functional groups attached to an aromatic ring is 1. The largest absolute Gasteiger partial charge is 0.441 e. The lowest BCUT2D eigenvalue weighted by atomic mass is 9.88. The maximum Gasteiger partial charge on any atom is 0.219 e. The van der Waals surface area contributed by atoms with E-state index in [9.17, 15) is 9.59 Å². The van der Waals surface area contributed by atoms with Crippen molar-refractivity contribution < 1.29 is 9.21 Å². The molecule has 3 rings (SSSR count). The van der Waals surface area contributed by atoms with E-state index < -0.39 is 0 Å². The molecule has 0 aromatic heterocycles. The lowest BCUT2D eigenvalue weighted by Gasteiger charge is -2.31. The van der Waals surface area contributed by atoms with Gasteiger partial charge in [-0.2, -0.15) is 0 Å². The van der Waals surface area contributed by atoms with Crippen molar-refractivity contribution in [3.63, 3.8) is 0 Å². The Morgan fingerprint density at radius 2 is 2.00 bits per heavy atom. The third-order valence-electron chi connectivity index (χ3n) is 4.18. The van der Waals surface area contributed by atoms with E-state index in [4.69, 9.17) is 10.2 Å². The van der Waals surface area contributed by atoms with Crippen molar-refractivity contribution in [1.29, 1.82) is 0 Å². The number of carbonyl (C=O) groups excluding carboxylic acids is 1. The molecule has 2 heterocycles. The van der Waals surface area contributed by atoms with Gasteiger partial charge in [0.05, 0.1) is 5.56 Å². The first-order valence-corrected chi connectivity index (χ1v) is 7.13. The highest BCUT2D eigenvalue weighted by atomic mass is 16.3. The highest BCUT2D eigenvalue weighted by molar-refractivity contribution is 5.73. The molecule has 1 amide bonds. The molecular formula is C16H18N2O3. The molecule has 1 aliphatic carbocycles. The van der Waals surface area contributed by atoms with Crippen molar-refractivity contribution in [1.82, 2.24) is 4.90 Å². The molecule has 21 heavy (non-hydrogen) atoms. The summed E-state index contributed by atoms with van der Waals surface area (Å²) in [5.74, 6) is 1.23. The number of hydrogen-bond donors (Lipinski definition) is 1. The van der Waals surface area contributed by atoms with Crippen molar-refractivity contribution in [2.75, 3.05) is 18.8 Å². The van der Waals surface area contributed by atoms with Crippen LogP contribution in [0.25, 0.3) is 11.3 Å². The number of amides is 1. The molecule has 1 fully saturated rings.